The monoisotopic (exact) mass is 482 g/mol. The summed E-state index contributed by atoms with van der Waals surface area (Å²) in [5, 5.41) is 3.06. The number of carbonyl (C=O) groups excluding carboxylic acids is 1. The second-order valence-electron chi connectivity index (χ2n) is 7.89. The van der Waals surface area contributed by atoms with E-state index >= 15 is 0 Å². The fourth-order valence-electron chi connectivity index (χ4n) is 4.21. The van der Waals surface area contributed by atoms with E-state index in [0.717, 1.165) is 24.2 Å². The van der Waals surface area contributed by atoms with Gasteiger partial charge in [0.15, 0.2) is 4.77 Å². The Morgan fingerprint density at radius 3 is 2.83 bits per heavy atom. The summed E-state index contributed by atoms with van der Waals surface area (Å²) in [7, 11) is 1.82. The van der Waals surface area contributed by atoms with Gasteiger partial charge in [-0.05, 0) is 66.3 Å². The number of hydrogen-bond acceptors (Lipinski definition) is 3. The predicted octanol–water partition coefficient (Wildman–Crippen LogP) is 3.83. The van der Waals surface area contributed by atoms with Crippen LogP contribution in [-0.4, -0.2) is 33.8 Å². The van der Waals surface area contributed by atoms with Crippen LogP contribution in [-0.2, 0) is 31.2 Å². The van der Waals surface area contributed by atoms with Gasteiger partial charge in [-0.15, -0.1) is 0 Å². The summed E-state index contributed by atoms with van der Waals surface area (Å²) >= 11 is 8.66. The summed E-state index contributed by atoms with van der Waals surface area (Å²) in [6.45, 7) is 4.41. The molecule has 1 saturated carbocycles. The third kappa shape index (κ3) is 3.59. The fourth-order valence-corrected chi connectivity index (χ4v) is 4.85. The Morgan fingerprint density at radius 1 is 1.45 bits per heavy atom. The number of benzene rings is 1. The second-order valence-corrected chi connectivity index (χ2v) is 9.11. The summed E-state index contributed by atoms with van der Waals surface area (Å²) in [4.78, 5) is 16.6. The van der Waals surface area contributed by atoms with E-state index in [1.165, 1.54) is 12.1 Å². The molecule has 2 heterocycles. The number of aromatic nitrogens is 2. The van der Waals surface area contributed by atoms with E-state index in [0.29, 0.717) is 24.3 Å². The molecule has 0 saturated heterocycles. The van der Waals surface area contributed by atoms with E-state index in [4.69, 9.17) is 12.2 Å². The molecule has 29 heavy (non-hydrogen) atoms. The lowest BCUT2D eigenvalue weighted by Crippen LogP contribution is -2.40. The average molecular weight is 483 g/mol. The Kier molecular flexibility index (Phi) is 5.23. The van der Waals surface area contributed by atoms with Crippen molar-refractivity contribution in [3.8, 4) is 0 Å². The predicted molar refractivity (Wildman–Crippen MR) is 113 cm³/mol. The molecule has 4 rings (SSSR count). The summed E-state index contributed by atoms with van der Waals surface area (Å²) < 4.78 is 33.5. The zero-order chi connectivity index (χ0) is 20.9. The maximum absolute atomic E-state index is 14.6. The molecule has 1 N–H and O–H groups in total. The molecule has 5 nitrogen and oxygen atoms in total. The van der Waals surface area contributed by atoms with Crippen molar-refractivity contribution in [1.29, 1.82) is 0 Å². The zero-order valence-electron chi connectivity index (χ0n) is 16.0. The lowest BCUT2D eigenvalue weighted by atomic mass is 9.95. The van der Waals surface area contributed by atoms with Crippen LogP contribution < -0.4 is 5.32 Å². The Bertz CT molecular complexity index is 1070. The molecular formula is C20H21BrF2N4OS. The van der Waals surface area contributed by atoms with Gasteiger partial charge in [-0.25, -0.2) is 8.78 Å². The van der Waals surface area contributed by atoms with Crippen LogP contribution in [0.15, 0.2) is 21.6 Å². The molecule has 154 valence electrons. The third-order valence-corrected chi connectivity index (χ3v) is 7.02. The van der Waals surface area contributed by atoms with Crippen molar-refractivity contribution < 1.29 is 13.6 Å². The smallest absolute Gasteiger partial charge is 0.226 e. The van der Waals surface area contributed by atoms with Crippen LogP contribution >= 0.6 is 28.1 Å². The average Bonchev–Trinajstić information content (AvgIpc) is 3.22. The highest BCUT2D eigenvalue weighted by Crippen LogP contribution is 2.38. The molecule has 0 spiro atoms. The Labute approximate surface area is 181 Å². The molecule has 0 bridgehead atoms. The molecule has 1 aliphatic carbocycles. The van der Waals surface area contributed by atoms with Crippen molar-refractivity contribution in [3.05, 3.63) is 50.0 Å². The standard InChI is InChI=1S/C20H21BrF2N4OS/c1-24-10-20(5-6-20)25-16(28)8-14-15-7-11(9-27(15)19(29)26(14)2)17-13(22)4-3-12(21)18(17)23/h3-4,11H,1,5-10H2,2H3,(H,25,28)/t11-/m0/s1. The summed E-state index contributed by atoms with van der Waals surface area (Å²) in [6.07, 6.45) is 2.38. The highest BCUT2D eigenvalue weighted by molar-refractivity contribution is 9.10. The van der Waals surface area contributed by atoms with E-state index in [2.05, 4.69) is 33.0 Å². The van der Waals surface area contributed by atoms with Crippen molar-refractivity contribution in [2.24, 2.45) is 12.0 Å². The van der Waals surface area contributed by atoms with Gasteiger partial charge in [0.25, 0.3) is 0 Å². The highest BCUT2D eigenvalue weighted by Gasteiger charge is 2.44. The number of amides is 1. The number of fused-ring (bicyclic) bond motifs is 1. The number of nitrogens with one attached hydrogen (secondary N) is 1. The Morgan fingerprint density at radius 2 is 2.17 bits per heavy atom. The van der Waals surface area contributed by atoms with Crippen LogP contribution in [0.4, 0.5) is 8.78 Å². The molecule has 0 unspecified atom stereocenters. The topological polar surface area (TPSA) is 51.3 Å². The van der Waals surface area contributed by atoms with Gasteiger partial charge < -0.3 is 14.5 Å². The molecule has 1 amide bonds. The van der Waals surface area contributed by atoms with E-state index < -0.39 is 11.6 Å². The molecule has 0 radical (unpaired) electrons. The van der Waals surface area contributed by atoms with Gasteiger partial charge in [0, 0.05) is 36.5 Å². The molecule has 1 atom stereocenters. The van der Waals surface area contributed by atoms with Gasteiger partial charge in [0.05, 0.1) is 23.0 Å². The molecule has 2 aliphatic rings. The van der Waals surface area contributed by atoms with Crippen molar-refractivity contribution in [2.45, 2.75) is 43.7 Å². The zero-order valence-corrected chi connectivity index (χ0v) is 18.4. The van der Waals surface area contributed by atoms with Crippen molar-refractivity contribution in [3.63, 3.8) is 0 Å². The number of imidazole rings is 1. The maximum atomic E-state index is 14.6. The number of aliphatic imine (C=N–C) groups is 1. The van der Waals surface area contributed by atoms with Crippen LogP contribution in [0.25, 0.3) is 0 Å². The summed E-state index contributed by atoms with van der Waals surface area (Å²) in [6, 6.07) is 2.63. The van der Waals surface area contributed by atoms with Gasteiger partial charge in [-0.1, -0.05) is 0 Å². The SMILES string of the molecule is C=NCC1(NC(=O)Cc2c3n(c(=S)n2C)C[C@@H](c2c(F)ccc(Br)c2F)C3)CC1. The van der Waals surface area contributed by atoms with Crippen LogP contribution in [0, 0.1) is 16.4 Å². The lowest BCUT2D eigenvalue weighted by Gasteiger charge is -2.16. The summed E-state index contributed by atoms with van der Waals surface area (Å²) in [5.41, 5.74) is 1.45. The van der Waals surface area contributed by atoms with E-state index in [1.54, 1.807) is 0 Å². The van der Waals surface area contributed by atoms with Gasteiger partial charge >= 0.3 is 0 Å². The van der Waals surface area contributed by atoms with Crippen molar-refractivity contribution in [1.82, 2.24) is 14.5 Å². The summed E-state index contributed by atoms with van der Waals surface area (Å²) in [5.74, 6) is -1.62. The molecule has 1 aromatic carbocycles. The minimum absolute atomic E-state index is 0.0597. The Hall–Kier alpha value is -1.87. The van der Waals surface area contributed by atoms with E-state index in [-0.39, 0.29) is 33.8 Å². The van der Waals surface area contributed by atoms with Gasteiger partial charge in [0.1, 0.15) is 11.6 Å². The number of hydrogen-bond donors (Lipinski definition) is 1. The van der Waals surface area contributed by atoms with Gasteiger partial charge in [-0.3, -0.25) is 9.79 Å². The first-order chi connectivity index (χ1) is 13.8. The maximum Gasteiger partial charge on any atom is 0.226 e. The molecule has 1 aliphatic heterocycles. The normalized spacial score (nSPS) is 19.1. The van der Waals surface area contributed by atoms with Crippen LogP contribution in [0.2, 0.25) is 0 Å². The first kappa shape index (κ1) is 20.4. The number of carbonyl (C=O) groups is 1. The Balaban J connectivity index is 1.60. The highest BCUT2D eigenvalue weighted by atomic mass is 79.9. The number of rotatable bonds is 6. The number of halogens is 3. The second kappa shape index (κ2) is 7.43. The van der Waals surface area contributed by atoms with Crippen LogP contribution in [0.1, 0.15) is 35.7 Å². The molecular weight excluding hydrogens is 462 g/mol. The van der Waals surface area contributed by atoms with Gasteiger partial charge in [-0.2, -0.15) is 0 Å². The first-order valence-electron chi connectivity index (χ1n) is 9.40. The largest absolute Gasteiger partial charge is 0.348 e. The fraction of sp³-hybridized carbons (Fsp3) is 0.450. The minimum Gasteiger partial charge on any atom is -0.348 e. The molecule has 1 aromatic heterocycles. The minimum atomic E-state index is -0.581. The van der Waals surface area contributed by atoms with E-state index in [9.17, 15) is 13.6 Å². The third-order valence-electron chi connectivity index (χ3n) is 5.91. The van der Waals surface area contributed by atoms with E-state index in [1.807, 2.05) is 16.2 Å². The van der Waals surface area contributed by atoms with Gasteiger partial charge in [0.2, 0.25) is 5.91 Å². The number of nitrogens with zero attached hydrogens (tertiary/aromatic N) is 3. The van der Waals surface area contributed by atoms with Crippen LogP contribution in [0.5, 0.6) is 0 Å². The molecule has 1 fully saturated rings. The first-order valence-corrected chi connectivity index (χ1v) is 10.6. The van der Waals surface area contributed by atoms with Crippen LogP contribution in [0.3, 0.4) is 0 Å². The quantitative estimate of drug-likeness (QED) is 0.386. The van der Waals surface area contributed by atoms with Crippen molar-refractivity contribution >= 4 is 40.8 Å². The lowest BCUT2D eigenvalue weighted by molar-refractivity contribution is -0.121. The molecule has 2 aromatic rings. The molecule has 9 heteroatoms. The van der Waals surface area contributed by atoms with Crippen molar-refractivity contribution in [2.75, 3.05) is 6.54 Å².